The van der Waals surface area contributed by atoms with Gasteiger partial charge >= 0.3 is 0 Å². The number of aliphatic hydroxyl groups is 2. The molecule has 178 valence electrons. The third kappa shape index (κ3) is 4.48. The maximum Gasteiger partial charge on any atom is 0.261 e. The zero-order valence-electron chi connectivity index (χ0n) is 18.8. The van der Waals surface area contributed by atoms with E-state index in [9.17, 15) is 15.0 Å². The van der Waals surface area contributed by atoms with Crippen molar-refractivity contribution >= 4 is 17.5 Å². The second-order valence-corrected chi connectivity index (χ2v) is 10.6. The van der Waals surface area contributed by atoms with E-state index < -0.39 is 17.7 Å². The molecule has 0 saturated heterocycles. The Hall–Kier alpha value is -2.16. The fourth-order valence-electron chi connectivity index (χ4n) is 5.32. The lowest BCUT2D eigenvalue weighted by atomic mass is 9.75. The summed E-state index contributed by atoms with van der Waals surface area (Å²) in [5.74, 6) is 1.49. The third-order valence-corrected chi connectivity index (χ3v) is 7.66. The molecule has 8 nitrogen and oxygen atoms in total. The average molecular weight is 476 g/mol. The highest BCUT2D eigenvalue weighted by atomic mass is 35.5. The van der Waals surface area contributed by atoms with Crippen LogP contribution in [0, 0.1) is 0 Å². The first-order valence-electron chi connectivity index (χ1n) is 11.7. The fourth-order valence-corrected chi connectivity index (χ4v) is 5.50. The van der Waals surface area contributed by atoms with Gasteiger partial charge < -0.3 is 24.7 Å². The summed E-state index contributed by atoms with van der Waals surface area (Å²) in [6, 6.07) is 5.47. The molecule has 5 atom stereocenters. The summed E-state index contributed by atoms with van der Waals surface area (Å²) >= 11 is 6.11. The number of hydrogen-bond acceptors (Lipinski definition) is 7. The topological polar surface area (TPSA) is 118 Å². The van der Waals surface area contributed by atoms with Gasteiger partial charge in [0.2, 0.25) is 11.8 Å². The van der Waals surface area contributed by atoms with Crippen molar-refractivity contribution < 1.29 is 24.2 Å². The number of benzene rings is 1. The van der Waals surface area contributed by atoms with Gasteiger partial charge in [0.1, 0.15) is 5.75 Å². The number of halogens is 1. The molecule has 1 aromatic heterocycles. The standard InChI is InChI=1S/C24H30ClN3O5/c1-12-7-20(32-19-4-3-14(25)10-17(12)19)21(31)26-24(2)6-5-16(18(30)11-24)23-28-27-22(33-23)13-8-15(29)9-13/h3-4,10,12-13,15-16,18,20,29-30H,5-9,11H2,1-2H3,(H,26,31)/t12-,13?,15?,16+,18-,20-,24+/m0/s1. The van der Waals surface area contributed by atoms with Gasteiger partial charge in [-0.3, -0.25) is 4.79 Å². The van der Waals surface area contributed by atoms with Crippen LogP contribution in [-0.4, -0.2) is 50.2 Å². The van der Waals surface area contributed by atoms with E-state index in [2.05, 4.69) is 22.4 Å². The molecule has 2 aliphatic carbocycles. The molecule has 9 heteroatoms. The van der Waals surface area contributed by atoms with Gasteiger partial charge in [0.25, 0.3) is 5.91 Å². The zero-order chi connectivity index (χ0) is 23.3. The molecule has 33 heavy (non-hydrogen) atoms. The van der Waals surface area contributed by atoms with Gasteiger partial charge in [0.15, 0.2) is 6.10 Å². The molecule has 0 unspecified atom stereocenters. The number of nitrogens with zero attached hydrogens (tertiary/aromatic N) is 2. The summed E-state index contributed by atoms with van der Waals surface area (Å²) in [5, 5.41) is 32.4. The number of fused-ring (bicyclic) bond motifs is 1. The summed E-state index contributed by atoms with van der Waals surface area (Å²) in [7, 11) is 0. The molecule has 3 N–H and O–H groups in total. The second-order valence-electron chi connectivity index (χ2n) is 10.2. The highest BCUT2D eigenvalue weighted by Crippen LogP contribution is 2.41. The molecule has 0 spiro atoms. The number of nitrogens with one attached hydrogen (secondary N) is 1. The van der Waals surface area contributed by atoms with E-state index in [0.717, 1.165) is 5.56 Å². The van der Waals surface area contributed by atoms with Gasteiger partial charge in [-0.15, -0.1) is 10.2 Å². The Morgan fingerprint density at radius 1 is 1.21 bits per heavy atom. The summed E-state index contributed by atoms with van der Waals surface area (Å²) in [6.45, 7) is 4.02. The Labute approximate surface area is 197 Å². The number of aromatic nitrogens is 2. The lowest BCUT2D eigenvalue weighted by molar-refractivity contribution is -0.131. The van der Waals surface area contributed by atoms with Crippen LogP contribution < -0.4 is 10.1 Å². The predicted octanol–water partition coefficient (Wildman–Crippen LogP) is 3.42. The quantitative estimate of drug-likeness (QED) is 0.620. The maximum absolute atomic E-state index is 13.1. The van der Waals surface area contributed by atoms with E-state index in [1.54, 1.807) is 6.07 Å². The van der Waals surface area contributed by atoms with Crippen molar-refractivity contribution in [3.8, 4) is 5.75 Å². The van der Waals surface area contributed by atoms with Crippen molar-refractivity contribution in [2.24, 2.45) is 0 Å². The molecule has 3 aliphatic rings. The second kappa shape index (κ2) is 8.56. The van der Waals surface area contributed by atoms with Crippen molar-refractivity contribution in [2.45, 2.75) is 94.0 Å². The predicted molar refractivity (Wildman–Crippen MR) is 120 cm³/mol. The van der Waals surface area contributed by atoms with Crippen molar-refractivity contribution in [2.75, 3.05) is 0 Å². The zero-order valence-corrected chi connectivity index (χ0v) is 19.6. The monoisotopic (exact) mass is 475 g/mol. The molecule has 2 heterocycles. The highest BCUT2D eigenvalue weighted by molar-refractivity contribution is 6.30. The minimum Gasteiger partial charge on any atom is -0.480 e. The average Bonchev–Trinajstić information content (AvgIpc) is 3.20. The number of amides is 1. The molecule has 1 aliphatic heterocycles. The molecular weight excluding hydrogens is 446 g/mol. The summed E-state index contributed by atoms with van der Waals surface area (Å²) < 4.78 is 11.8. The number of rotatable bonds is 4. The number of aliphatic hydroxyl groups excluding tert-OH is 2. The van der Waals surface area contributed by atoms with Crippen LogP contribution in [-0.2, 0) is 4.79 Å². The van der Waals surface area contributed by atoms with Crippen molar-refractivity contribution in [1.29, 1.82) is 0 Å². The van der Waals surface area contributed by atoms with E-state index in [-0.39, 0.29) is 29.8 Å². The summed E-state index contributed by atoms with van der Waals surface area (Å²) in [6.07, 6.45) is 1.94. The van der Waals surface area contributed by atoms with Gasteiger partial charge in [-0.05, 0) is 68.7 Å². The van der Waals surface area contributed by atoms with Gasteiger partial charge in [-0.25, -0.2) is 0 Å². The Kier molecular flexibility index (Phi) is 5.87. The van der Waals surface area contributed by atoms with Crippen molar-refractivity contribution in [1.82, 2.24) is 15.5 Å². The molecule has 5 rings (SSSR count). The first kappa shape index (κ1) is 22.6. The van der Waals surface area contributed by atoms with E-state index in [1.165, 1.54) is 0 Å². The highest BCUT2D eigenvalue weighted by Gasteiger charge is 2.43. The van der Waals surface area contributed by atoms with Gasteiger partial charge in [-0.1, -0.05) is 18.5 Å². The van der Waals surface area contributed by atoms with E-state index in [1.807, 2.05) is 19.1 Å². The smallest absolute Gasteiger partial charge is 0.261 e. The fraction of sp³-hybridized carbons (Fsp3) is 0.625. The Balaban J connectivity index is 1.21. The SMILES string of the molecule is C[C@H]1C[C@@H](C(=O)N[C@]2(C)CC[C@@H](c3nnc(C4CC(O)C4)o3)[C@@H](O)C2)Oc2ccc(Cl)cc21. The molecule has 1 aromatic carbocycles. The van der Waals surface area contributed by atoms with Gasteiger partial charge in [0.05, 0.1) is 18.1 Å². The van der Waals surface area contributed by atoms with Crippen LogP contribution in [0.4, 0.5) is 0 Å². The third-order valence-electron chi connectivity index (χ3n) is 7.42. The van der Waals surface area contributed by atoms with Crippen molar-refractivity contribution in [3.63, 3.8) is 0 Å². The molecule has 2 fully saturated rings. The maximum atomic E-state index is 13.1. The van der Waals surface area contributed by atoms with E-state index in [4.69, 9.17) is 20.8 Å². The van der Waals surface area contributed by atoms with Crippen LogP contribution in [0.5, 0.6) is 5.75 Å². The van der Waals surface area contributed by atoms with Crippen LogP contribution in [0.3, 0.4) is 0 Å². The summed E-state index contributed by atoms with van der Waals surface area (Å²) in [4.78, 5) is 13.1. The minimum atomic E-state index is -0.710. The van der Waals surface area contributed by atoms with Gasteiger partial charge in [-0.2, -0.15) is 0 Å². The molecule has 2 aromatic rings. The van der Waals surface area contributed by atoms with E-state index in [0.29, 0.717) is 61.1 Å². The summed E-state index contributed by atoms with van der Waals surface area (Å²) in [5.41, 5.74) is 0.463. The van der Waals surface area contributed by atoms with Gasteiger partial charge in [0, 0.05) is 22.9 Å². The van der Waals surface area contributed by atoms with Crippen LogP contribution in [0.25, 0.3) is 0 Å². The lowest BCUT2D eigenvalue weighted by Gasteiger charge is -2.41. The minimum absolute atomic E-state index is 0.102. The molecule has 0 radical (unpaired) electrons. The van der Waals surface area contributed by atoms with Crippen LogP contribution in [0.1, 0.15) is 87.5 Å². The van der Waals surface area contributed by atoms with Crippen LogP contribution >= 0.6 is 11.6 Å². The first-order chi connectivity index (χ1) is 15.7. The lowest BCUT2D eigenvalue weighted by Crippen LogP contribution is -2.55. The molecular formula is C24H30ClN3O5. The number of carbonyl (C=O) groups is 1. The van der Waals surface area contributed by atoms with Crippen molar-refractivity contribution in [3.05, 3.63) is 40.6 Å². The normalized spacial score (nSPS) is 35.8. The Bertz CT molecular complexity index is 1040. The number of carbonyl (C=O) groups excluding carboxylic acids is 1. The number of ether oxygens (including phenoxy) is 1. The Morgan fingerprint density at radius 2 is 1.97 bits per heavy atom. The van der Waals surface area contributed by atoms with Crippen LogP contribution in [0.2, 0.25) is 5.02 Å². The molecule has 1 amide bonds. The molecule has 2 saturated carbocycles. The first-order valence-corrected chi connectivity index (χ1v) is 12.1. The number of hydrogen-bond donors (Lipinski definition) is 3. The van der Waals surface area contributed by atoms with Crippen LogP contribution in [0.15, 0.2) is 22.6 Å². The largest absolute Gasteiger partial charge is 0.480 e. The van der Waals surface area contributed by atoms with E-state index >= 15 is 0 Å². The molecule has 0 bridgehead atoms. The Morgan fingerprint density at radius 3 is 2.70 bits per heavy atom.